The van der Waals surface area contributed by atoms with Crippen molar-refractivity contribution in [2.24, 2.45) is 10.2 Å². The molecule has 1 aliphatic heterocycles. The number of hydrogen-bond donors (Lipinski definition) is 1. The Morgan fingerprint density at radius 2 is 1.79 bits per heavy atom. The minimum Gasteiger partial charge on any atom is -0.493 e. The molecular formula is C29H30ClN5O3. The van der Waals surface area contributed by atoms with E-state index in [4.69, 9.17) is 16.3 Å². The predicted molar refractivity (Wildman–Crippen MR) is 148 cm³/mol. The summed E-state index contributed by atoms with van der Waals surface area (Å²) in [5, 5.41) is 20.7. The largest absolute Gasteiger partial charge is 0.493 e. The number of piperazine rings is 1. The van der Waals surface area contributed by atoms with Gasteiger partial charge < -0.3 is 14.7 Å². The predicted octanol–water partition coefficient (Wildman–Crippen LogP) is 6.02. The van der Waals surface area contributed by atoms with Gasteiger partial charge in [0.2, 0.25) is 5.88 Å². The van der Waals surface area contributed by atoms with Crippen LogP contribution in [0.1, 0.15) is 21.5 Å². The number of aromatic hydroxyl groups is 1. The third kappa shape index (κ3) is 5.88. The molecule has 1 aliphatic rings. The Kier molecular flexibility index (Phi) is 7.74. The SMILES string of the molecule is Cc1ccc2c(c1)c(N=NC(=O)c1ccc(OCc3cccc(Cl)c3)cc1)c(O)n2CN1CCN(C)CC1. The van der Waals surface area contributed by atoms with Crippen LogP contribution in [0.3, 0.4) is 0 Å². The standard InChI is InChI=1S/C29H30ClN5O3/c1-20-6-11-26-25(16-20)27(29(37)35(26)19-34-14-12-33(2)13-15-34)31-32-28(36)22-7-9-24(10-8-22)38-18-21-4-3-5-23(30)17-21/h3-11,16-17,37H,12-15,18-19H2,1-2H3. The number of aromatic nitrogens is 1. The highest BCUT2D eigenvalue weighted by Crippen LogP contribution is 2.39. The summed E-state index contributed by atoms with van der Waals surface area (Å²) in [6.07, 6.45) is 0. The van der Waals surface area contributed by atoms with E-state index in [-0.39, 0.29) is 5.88 Å². The topological polar surface area (TPSA) is 82.7 Å². The number of azo groups is 1. The van der Waals surface area contributed by atoms with Gasteiger partial charge in [0.05, 0.1) is 12.2 Å². The molecule has 0 aliphatic carbocycles. The van der Waals surface area contributed by atoms with Gasteiger partial charge in [0.1, 0.15) is 12.4 Å². The average molecular weight is 532 g/mol. The number of ether oxygens (including phenoxy) is 1. The molecule has 1 N–H and O–H groups in total. The fourth-order valence-electron chi connectivity index (χ4n) is 4.51. The number of carbonyl (C=O) groups is 1. The van der Waals surface area contributed by atoms with E-state index < -0.39 is 5.91 Å². The summed E-state index contributed by atoms with van der Waals surface area (Å²) in [7, 11) is 2.11. The lowest BCUT2D eigenvalue weighted by Crippen LogP contribution is -2.44. The van der Waals surface area contributed by atoms with Crippen molar-refractivity contribution >= 4 is 34.1 Å². The van der Waals surface area contributed by atoms with Crippen LogP contribution in [0.4, 0.5) is 5.69 Å². The van der Waals surface area contributed by atoms with Gasteiger partial charge in [-0.2, -0.15) is 0 Å². The van der Waals surface area contributed by atoms with Crippen molar-refractivity contribution in [3.8, 4) is 11.6 Å². The van der Waals surface area contributed by atoms with E-state index in [0.29, 0.717) is 35.3 Å². The van der Waals surface area contributed by atoms with Crippen molar-refractivity contribution in [3.05, 3.63) is 88.4 Å². The number of hydrogen-bond acceptors (Lipinski definition) is 6. The molecule has 0 unspecified atom stereocenters. The van der Waals surface area contributed by atoms with Crippen molar-refractivity contribution < 1.29 is 14.6 Å². The van der Waals surface area contributed by atoms with Crippen molar-refractivity contribution in [1.29, 1.82) is 0 Å². The number of benzene rings is 3. The van der Waals surface area contributed by atoms with Crippen LogP contribution in [0.15, 0.2) is 77.0 Å². The summed E-state index contributed by atoms with van der Waals surface area (Å²) in [6.45, 7) is 6.67. The molecule has 196 valence electrons. The van der Waals surface area contributed by atoms with Crippen LogP contribution < -0.4 is 4.74 Å². The Balaban J connectivity index is 1.32. The maximum atomic E-state index is 12.8. The Labute approximate surface area is 226 Å². The van der Waals surface area contributed by atoms with E-state index in [1.165, 1.54) is 0 Å². The van der Waals surface area contributed by atoms with E-state index in [0.717, 1.165) is 48.2 Å². The maximum Gasteiger partial charge on any atom is 0.295 e. The summed E-state index contributed by atoms with van der Waals surface area (Å²) in [4.78, 5) is 17.4. The maximum absolute atomic E-state index is 12.8. The number of fused-ring (bicyclic) bond motifs is 1. The van der Waals surface area contributed by atoms with Crippen molar-refractivity contribution in [2.75, 3.05) is 33.2 Å². The van der Waals surface area contributed by atoms with Crippen LogP contribution in [-0.2, 0) is 13.3 Å². The molecule has 3 aromatic carbocycles. The molecule has 1 amide bonds. The van der Waals surface area contributed by atoms with Crippen LogP contribution in [0, 0.1) is 6.92 Å². The van der Waals surface area contributed by atoms with Gasteiger partial charge in [-0.15, -0.1) is 10.2 Å². The highest BCUT2D eigenvalue weighted by Gasteiger charge is 2.21. The Hall–Kier alpha value is -3.72. The molecule has 0 radical (unpaired) electrons. The highest BCUT2D eigenvalue weighted by molar-refractivity contribution is 6.30. The lowest BCUT2D eigenvalue weighted by Gasteiger charge is -2.32. The number of aryl methyl sites for hydroxylation is 1. The van der Waals surface area contributed by atoms with E-state index in [2.05, 4.69) is 27.1 Å². The average Bonchev–Trinajstić information content (AvgIpc) is 3.17. The fraction of sp³-hybridized carbons (Fsp3) is 0.276. The second-order valence-corrected chi connectivity index (χ2v) is 10.1. The van der Waals surface area contributed by atoms with E-state index in [9.17, 15) is 9.90 Å². The number of carbonyl (C=O) groups excluding carboxylic acids is 1. The molecule has 0 saturated carbocycles. The Morgan fingerprint density at radius 1 is 1.03 bits per heavy atom. The van der Waals surface area contributed by atoms with Gasteiger partial charge in [-0.1, -0.05) is 35.4 Å². The van der Waals surface area contributed by atoms with Gasteiger partial charge in [0.15, 0.2) is 5.69 Å². The number of nitrogens with zero attached hydrogens (tertiary/aromatic N) is 5. The first-order valence-electron chi connectivity index (χ1n) is 12.5. The first kappa shape index (κ1) is 25.9. The molecule has 9 heteroatoms. The second kappa shape index (κ2) is 11.3. The molecule has 0 bridgehead atoms. The zero-order chi connectivity index (χ0) is 26.6. The summed E-state index contributed by atoms with van der Waals surface area (Å²) >= 11 is 6.02. The van der Waals surface area contributed by atoms with Crippen LogP contribution in [-0.4, -0.2) is 58.6 Å². The van der Waals surface area contributed by atoms with E-state index in [1.807, 2.05) is 54.0 Å². The summed E-state index contributed by atoms with van der Waals surface area (Å²) < 4.78 is 7.63. The number of rotatable bonds is 7. The number of amides is 1. The number of halogens is 1. The van der Waals surface area contributed by atoms with Crippen LogP contribution in [0.2, 0.25) is 5.02 Å². The van der Waals surface area contributed by atoms with Crippen LogP contribution >= 0.6 is 11.6 Å². The molecule has 1 fully saturated rings. The molecule has 4 aromatic rings. The monoisotopic (exact) mass is 531 g/mol. The summed E-state index contributed by atoms with van der Waals surface area (Å²) in [5.41, 5.74) is 3.52. The molecule has 2 heterocycles. The lowest BCUT2D eigenvalue weighted by atomic mass is 10.1. The minimum atomic E-state index is -0.501. The zero-order valence-corrected chi connectivity index (χ0v) is 22.2. The third-order valence-electron chi connectivity index (χ3n) is 6.74. The first-order valence-corrected chi connectivity index (χ1v) is 12.9. The highest BCUT2D eigenvalue weighted by atomic mass is 35.5. The quantitative estimate of drug-likeness (QED) is 0.295. The first-order chi connectivity index (χ1) is 18.4. The molecule has 8 nitrogen and oxygen atoms in total. The normalized spacial score (nSPS) is 14.9. The summed E-state index contributed by atoms with van der Waals surface area (Å²) in [6, 6.07) is 20.1. The summed E-state index contributed by atoms with van der Waals surface area (Å²) in [5.74, 6) is 0.128. The second-order valence-electron chi connectivity index (χ2n) is 9.63. The molecule has 5 rings (SSSR count). The smallest absolute Gasteiger partial charge is 0.295 e. The minimum absolute atomic E-state index is 0.00541. The van der Waals surface area contributed by atoms with Gasteiger partial charge in [0, 0.05) is 42.2 Å². The zero-order valence-electron chi connectivity index (χ0n) is 21.5. The van der Waals surface area contributed by atoms with Gasteiger partial charge in [0.25, 0.3) is 5.91 Å². The van der Waals surface area contributed by atoms with Gasteiger partial charge in [-0.25, -0.2) is 0 Å². The molecule has 1 saturated heterocycles. The fourth-order valence-corrected chi connectivity index (χ4v) is 4.72. The molecular weight excluding hydrogens is 502 g/mol. The Bertz CT molecular complexity index is 1470. The molecule has 1 aromatic heterocycles. The molecule has 0 atom stereocenters. The molecule has 0 spiro atoms. The third-order valence-corrected chi connectivity index (χ3v) is 6.97. The van der Waals surface area contributed by atoms with Crippen LogP contribution in [0.25, 0.3) is 10.9 Å². The van der Waals surface area contributed by atoms with Gasteiger partial charge in [-0.05, 0) is 68.1 Å². The lowest BCUT2D eigenvalue weighted by molar-refractivity contribution is 0.0995. The van der Waals surface area contributed by atoms with Gasteiger partial charge in [-0.3, -0.25) is 14.3 Å². The number of likely N-dealkylation sites (N-methyl/N-ethyl adjacent to an activating group) is 1. The van der Waals surface area contributed by atoms with E-state index >= 15 is 0 Å². The molecule has 38 heavy (non-hydrogen) atoms. The van der Waals surface area contributed by atoms with Crippen LogP contribution in [0.5, 0.6) is 11.6 Å². The van der Waals surface area contributed by atoms with Crippen molar-refractivity contribution in [1.82, 2.24) is 14.4 Å². The Morgan fingerprint density at radius 3 is 2.53 bits per heavy atom. The van der Waals surface area contributed by atoms with E-state index in [1.54, 1.807) is 24.3 Å². The van der Waals surface area contributed by atoms with Gasteiger partial charge >= 0.3 is 0 Å². The van der Waals surface area contributed by atoms with Crippen molar-refractivity contribution in [3.63, 3.8) is 0 Å². The van der Waals surface area contributed by atoms with Crippen molar-refractivity contribution in [2.45, 2.75) is 20.2 Å².